The molecule has 1 aromatic carbocycles. The summed E-state index contributed by atoms with van der Waals surface area (Å²) in [6.45, 7) is 10.2. The van der Waals surface area contributed by atoms with Crippen LogP contribution in [0.2, 0.25) is 0 Å². The van der Waals surface area contributed by atoms with Crippen LogP contribution in [0.15, 0.2) is 29.3 Å². The summed E-state index contributed by atoms with van der Waals surface area (Å²) in [6, 6.07) is 8.47. The van der Waals surface area contributed by atoms with Gasteiger partial charge in [-0.2, -0.15) is 0 Å². The molecule has 0 radical (unpaired) electrons. The van der Waals surface area contributed by atoms with Gasteiger partial charge in [-0.05, 0) is 31.4 Å². The van der Waals surface area contributed by atoms with Crippen LogP contribution < -0.4 is 0 Å². The fraction of sp³-hybridized carbons (Fsp3) is 0.650. The highest BCUT2D eigenvalue weighted by Crippen LogP contribution is 2.31. The first-order valence-corrected chi connectivity index (χ1v) is 9.16. The van der Waals surface area contributed by atoms with Gasteiger partial charge in [0.2, 0.25) is 5.90 Å². The van der Waals surface area contributed by atoms with Gasteiger partial charge in [0.05, 0.1) is 18.8 Å². The summed E-state index contributed by atoms with van der Waals surface area (Å²) in [6.07, 6.45) is 2.29. The third kappa shape index (κ3) is 3.81. The van der Waals surface area contributed by atoms with Crippen molar-refractivity contribution in [3.05, 3.63) is 35.4 Å². The predicted octanol–water partition coefficient (Wildman–Crippen LogP) is 4.34. The van der Waals surface area contributed by atoms with Crippen LogP contribution in [0.3, 0.4) is 0 Å². The highest BCUT2D eigenvalue weighted by molar-refractivity contribution is 5.95. The highest BCUT2D eigenvalue weighted by Gasteiger charge is 2.29. The van der Waals surface area contributed by atoms with Crippen LogP contribution >= 0.6 is 0 Å². The zero-order valence-electron chi connectivity index (χ0n) is 15.2. The maximum absolute atomic E-state index is 6.07. The van der Waals surface area contributed by atoms with E-state index < -0.39 is 0 Å². The molecule has 0 aliphatic carbocycles. The van der Waals surface area contributed by atoms with Crippen LogP contribution in [0.1, 0.15) is 58.0 Å². The summed E-state index contributed by atoms with van der Waals surface area (Å²) in [4.78, 5) is 4.67. The Hall–Kier alpha value is -1.39. The molecule has 1 saturated heterocycles. The molecule has 2 heterocycles. The van der Waals surface area contributed by atoms with Gasteiger partial charge in [-0.25, -0.2) is 4.99 Å². The molecule has 0 N–H and O–H groups in total. The van der Waals surface area contributed by atoms with Crippen LogP contribution in [0, 0.1) is 11.8 Å². The molecule has 3 rings (SSSR count). The molecule has 132 valence electrons. The Bertz CT molecular complexity index is 567. The number of hydrogen-bond acceptors (Lipinski definition) is 4. The van der Waals surface area contributed by atoms with E-state index in [1.54, 1.807) is 0 Å². The van der Waals surface area contributed by atoms with Crippen molar-refractivity contribution in [2.24, 2.45) is 16.8 Å². The van der Waals surface area contributed by atoms with Crippen molar-refractivity contribution in [2.75, 3.05) is 13.2 Å². The Labute approximate surface area is 145 Å². The second-order valence-electron chi connectivity index (χ2n) is 7.23. The Balaban J connectivity index is 1.64. The molecule has 0 saturated carbocycles. The molecule has 2 aliphatic heterocycles. The largest absolute Gasteiger partial charge is 0.475 e. The van der Waals surface area contributed by atoms with Gasteiger partial charge in [-0.1, -0.05) is 39.3 Å². The topological polar surface area (TPSA) is 40.0 Å². The van der Waals surface area contributed by atoms with Crippen molar-refractivity contribution in [1.82, 2.24) is 0 Å². The molecular formula is C20H29NO3. The van der Waals surface area contributed by atoms with Crippen molar-refractivity contribution >= 4 is 5.90 Å². The quantitative estimate of drug-likeness (QED) is 0.806. The minimum absolute atomic E-state index is 0.234. The molecule has 0 bridgehead atoms. The van der Waals surface area contributed by atoms with Crippen molar-refractivity contribution in [3.8, 4) is 0 Å². The average Bonchev–Trinajstić information content (AvgIpc) is 3.07. The summed E-state index contributed by atoms with van der Waals surface area (Å²) < 4.78 is 17.7. The molecule has 4 nitrogen and oxygen atoms in total. The standard InChI is InChI=1S/C20H29NO3/c1-5-6-17-11-23-20(24-14(17)4)16-9-7-15(8-10-16)19-21-18(12-22-19)13(2)3/h7-10,13-14,17-18,20H,5-6,11-12H2,1-4H3/t14-,17+,18+,20+/m1/s1. The SMILES string of the molecule is CCC[C@H]1CO[C@H](c2ccc(C3=N[C@H](C(C)C)CO3)cc2)O[C@@H]1C. The Morgan fingerprint density at radius 3 is 2.50 bits per heavy atom. The smallest absolute Gasteiger partial charge is 0.216 e. The molecule has 0 aromatic heterocycles. The van der Waals surface area contributed by atoms with Gasteiger partial charge in [-0.15, -0.1) is 0 Å². The molecule has 1 aromatic rings. The van der Waals surface area contributed by atoms with E-state index in [0.717, 1.165) is 30.1 Å². The normalized spacial score (nSPS) is 30.3. The van der Waals surface area contributed by atoms with E-state index >= 15 is 0 Å². The van der Waals surface area contributed by atoms with E-state index in [4.69, 9.17) is 14.2 Å². The van der Waals surface area contributed by atoms with E-state index in [2.05, 4.69) is 44.8 Å². The van der Waals surface area contributed by atoms with Gasteiger partial charge >= 0.3 is 0 Å². The Morgan fingerprint density at radius 1 is 1.17 bits per heavy atom. The van der Waals surface area contributed by atoms with Gasteiger partial charge in [0, 0.05) is 17.0 Å². The van der Waals surface area contributed by atoms with Gasteiger partial charge in [0.15, 0.2) is 6.29 Å². The summed E-state index contributed by atoms with van der Waals surface area (Å²) >= 11 is 0. The van der Waals surface area contributed by atoms with Crippen molar-refractivity contribution in [1.29, 1.82) is 0 Å². The maximum atomic E-state index is 6.07. The van der Waals surface area contributed by atoms with Crippen LogP contribution in [-0.4, -0.2) is 31.3 Å². The second-order valence-corrected chi connectivity index (χ2v) is 7.23. The lowest BCUT2D eigenvalue weighted by molar-refractivity contribution is -0.237. The van der Waals surface area contributed by atoms with Crippen LogP contribution in [0.5, 0.6) is 0 Å². The van der Waals surface area contributed by atoms with Crippen molar-refractivity contribution < 1.29 is 14.2 Å². The van der Waals surface area contributed by atoms with E-state index in [1.165, 1.54) is 6.42 Å². The molecule has 4 atom stereocenters. The van der Waals surface area contributed by atoms with E-state index in [-0.39, 0.29) is 18.4 Å². The maximum Gasteiger partial charge on any atom is 0.216 e. The van der Waals surface area contributed by atoms with Crippen LogP contribution in [-0.2, 0) is 14.2 Å². The van der Waals surface area contributed by atoms with Gasteiger partial charge in [0.1, 0.15) is 6.61 Å². The number of hydrogen-bond donors (Lipinski definition) is 0. The molecule has 0 unspecified atom stereocenters. The summed E-state index contributed by atoms with van der Waals surface area (Å²) in [5.74, 6) is 1.75. The minimum atomic E-state index is -0.267. The minimum Gasteiger partial charge on any atom is -0.475 e. The van der Waals surface area contributed by atoms with Crippen molar-refractivity contribution in [3.63, 3.8) is 0 Å². The lowest BCUT2D eigenvalue weighted by Gasteiger charge is -2.35. The molecule has 0 spiro atoms. The summed E-state index contributed by atoms with van der Waals surface area (Å²) in [5.41, 5.74) is 2.08. The van der Waals surface area contributed by atoms with E-state index in [1.807, 2.05) is 12.1 Å². The Morgan fingerprint density at radius 2 is 1.92 bits per heavy atom. The molecule has 4 heteroatoms. The number of ether oxygens (including phenoxy) is 3. The predicted molar refractivity (Wildman–Crippen MR) is 95.2 cm³/mol. The monoisotopic (exact) mass is 331 g/mol. The van der Waals surface area contributed by atoms with Crippen molar-refractivity contribution in [2.45, 2.75) is 59.0 Å². The lowest BCUT2D eigenvalue weighted by atomic mass is 9.98. The van der Waals surface area contributed by atoms with Crippen LogP contribution in [0.25, 0.3) is 0 Å². The fourth-order valence-corrected chi connectivity index (χ4v) is 3.23. The van der Waals surface area contributed by atoms with Gasteiger partial charge in [0.25, 0.3) is 0 Å². The number of benzene rings is 1. The molecule has 2 aliphatic rings. The first-order chi connectivity index (χ1) is 11.6. The third-order valence-corrected chi connectivity index (χ3v) is 5.00. The van der Waals surface area contributed by atoms with E-state index in [0.29, 0.717) is 18.4 Å². The number of nitrogens with zero attached hydrogens (tertiary/aromatic N) is 1. The zero-order chi connectivity index (χ0) is 17.1. The Kier molecular flexibility index (Phi) is 5.57. The summed E-state index contributed by atoms with van der Waals surface area (Å²) in [7, 11) is 0. The van der Waals surface area contributed by atoms with Gasteiger partial charge < -0.3 is 14.2 Å². The lowest BCUT2D eigenvalue weighted by Crippen LogP contribution is -2.34. The van der Waals surface area contributed by atoms with Crippen LogP contribution in [0.4, 0.5) is 0 Å². The number of rotatable bonds is 5. The molecular weight excluding hydrogens is 302 g/mol. The average molecular weight is 331 g/mol. The summed E-state index contributed by atoms with van der Waals surface area (Å²) in [5, 5.41) is 0. The third-order valence-electron chi connectivity index (χ3n) is 5.00. The zero-order valence-corrected chi connectivity index (χ0v) is 15.2. The molecule has 24 heavy (non-hydrogen) atoms. The van der Waals surface area contributed by atoms with Gasteiger partial charge in [-0.3, -0.25) is 0 Å². The highest BCUT2D eigenvalue weighted by atomic mass is 16.7. The number of aliphatic imine (C=N–C) groups is 1. The van der Waals surface area contributed by atoms with E-state index in [9.17, 15) is 0 Å². The molecule has 0 amide bonds. The first-order valence-electron chi connectivity index (χ1n) is 9.16. The fourth-order valence-electron chi connectivity index (χ4n) is 3.23. The molecule has 1 fully saturated rings. The second kappa shape index (κ2) is 7.66. The first kappa shape index (κ1) is 17.4.